The number of nitrogens with one attached hydrogen (secondary N) is 1. The Morgan fingerprint density at radius 3 is 2.35 bits per heavy atom. The Morgan fingerprint density at radius 1 is 1.04 bits per heavy atom. The van der Waals surface area contributed by atoms with E-state index < -0.39 is 30.4 Å². The van der Waals surface area contributed by atoms with Crippen molar-refractivity contribution in [2.75, 3.05) is 6.54 Å². The van der Waals surface area contributed by atoms with Gasteiger partial charge in [-0.3, -0.25) is 0 Å². The first-order chi connectivity index (χ1) is 11.1. The highest BCUT2D eigenvalue weighted by Gasteiger charge is 2.13. The average Bonchev–Trinajstić information content (AvgIpc) is 2.86. The Kier molecular flexibility index (Phi) is 5.42. The van der Waals surface area contributed by atoms with Crippen LogP contribution in [0.25, 0.3) is 0 Å². The highest BCUT2D eigenvalue weighted by Crippen LogP contribution is 2.18. The molecule has 0 bridgehead atoms. The van der Waals surface area contributed by atoms with E-state index in [1.165, 1.54) is 0 Å². The van der Waals surface area contributed by atoms with Gasteiger partial charge in [-0.1, -0.05) is 30.3 Å². The van der Waals surface area contributed by atoms with Gasteiger partial charge in [-0.15, -0.1) is 10.2 Å². The van der Waals surface area contributed by atoms with E-state index in [1.54, 1.807) is 24.3 Å². The van der Waals surface area contributed by atoms with Crippen LogP contribution in [-0.4, -0.2) is 33.6 Å². The largest absolute Gasteiger partial charge is 0.528 e. The highest BCUT2D eigenvalue weighted by molar-refractivity contribution is 5.72. The van der Waals surface area contributed by atoms with E-state index in [-0.39, 0.29) is 6.61 Å². The Labute approximate surface area is 130 Å². The minimum atomic E-state index is -1.02. The predicted octanol–water partition coefficient (Wildman–Crippen LogP) is 0.712. The molecule has 9 nitrogen and oxygen atoms in total. The lowest BCUT2D eigenvalue weighted by atomic mass is 10.2. The third-order valence-corrected chi connectivity index (χ3v) is 2.56. The molecule has 2 rings (SSSR count). The van der Waals surface area contributed by atoms with Crippen molar-refractivity contribution in [1.29, 1.82) is 0 Å². The number of rotatable bonds is 6. The Balaban J connectivity index is 1.66. The van der Waals surface area contributed by atoms with Gasteiger partial charge in [0.05, 0.1) is 0 Å². The Hall–Kier alpha value is -3.20. The summed E-state index contributed by atoms with van der Waals surface area (Å²) in [4.78, 5) is 31.8. The molecule has 23 heavy (non-hydrogen) atoms. The molecule has 0 unspecified atom stereocenters. The van der Waals surface area contributed by atoms with Crippen LogP contribution >= 0.6 is 0 Å². The molecule has 0 amide bonds. The number of hydroxylamine groups is 1. The third kappa shape index (κ3) is 4.93. The van der Waals surface area contributed by atoms with Gasteiger partial charge in [-0.2, -0.15) is 0 Å². The number of hydrogen-bond donors (Lipinski definition) is 3. The van der Waals surface area contributed by atoms with E-state index in [9.17, 15) is 19.8 Å². The van der Waals surface area contributed by atoms with Gasteiger partial charge in [0, 0.05) is 12.1 Å². The number of aromatic hydroxyl groups is 2. The summed E-state index contributed by atoms with van der Waals surface area (Å²) in [6, 6.07) is 11.2. The molecule has 0 spiro atoms. The molecule has 0 aliphatic rings. The molecule has 0 saturated heterocycles. The van der Waals surface area contributed by atoms with Gasteiger partial charge in [0.25, 0.3) is 0 Å². The number of benzene rings is 1. The van der Waals surface area contributed by atoms with Crippen molar-refractivity contribution in [3.8, 4) is 11.8 Å². The van der Waals surface area contributed by atoms with Gasteiger partial charge in [0.15, 0.2) is 0 Å². The summed E-state index contributed by atoms with van der Waals surface area (Å²) in [5.41, 5.74) is 2.83. The average molecular weight is 322 g/mol. The molecular formula is C14H14N2O7. The zero-order valence-electron chi connectivity index (χ0n) is 11.8. The summed E-state index contributed by atoms with van der Waals surface area (Å²) < 4.78 is 5.30. The molecule has 3 N–H and O–H groups in total. The summed E-state index contributed by atoms with van der Waals surface area (Å²) in [6.45, 7) is -0.492. The van der Waals surface area contributed by atoms with Crippen molar-refractivity contribution in [1.82, 2.24) is 10.2 Å². The molecule has 0 aliphatic carbocycles. The SMILES string of the molecule is O=C(CNOC(=O)OCc1ccccc1)On1c(O)ccc1O. The van der Waals surface area contributed by atoms with Crippen LogP contribution in [0.3, 0.4) is 0 Å². The minimum Gasteiger partial charge on any atom is -0.492 e. The molecule has 0 aliphatic heterocycles. The van der Waals surface area contributed by atoms with E-state index in [2.05, 4.69) is 9.68 Å². The molecule has 1 aromatic carbocycles. The van der Waals surface area contributed by atoms with Crippen LogP contribution in [-0.2, 0) is 21.0 Å². The number of carbonyl (C=O) groups is 2. The minimum absolute atomic E-state index is 0.0247. The van der Waals surface area contributed by atoms with Crippen LogP contribution in [0.15, 0.2) is 42.5 Å². The normalized spacial score (nSPS) is 10.1. The maximum atomic E-state index is 11.4. The standard InChI is InChI=1S/C14H14N2O7/c17-11-6-7-12(18)16(11)23-13(19)8-15-22-14(20)21-9-10-4-2-1-3-5-10/h1-7,15,17-18H,8-9H2. The number of carbonyl (C=O) groups excluding carboxylic acids is 2. The van der Waals surface area contributed by atoms with Crippen LogP contribution in [0.1, 0.15) is 5.56 Å². The maximum Gasteiger partial charge on any atom is 0.528 e. The number of nitrogens with zero attached hydrogens (tertiary/aromatic N) is 1. The van der Waals surface area contributed by atoms with Crippen LogP contribution in [0.2, 0.25) is 0 Å². The van der Waals surface area contributed by atoms with Gasteiger partial charge < -0.3 is 24.6 Å². The first-order valence-electron chi connectivity index (χ1n) is 6.47. The molecule has 0 saturated carbocycles. The summed E-state index contributed by atoms with van der Waals surface area (Å²) in [7, 11) is 0. The van der Waals surface area contributed by atoms with Crippen LogP contribution < -0.4 is 10.3 Å². The summed E-state index contributed by atoms with van der Waals surface area (Å²) in [5.74, 6) is -1.83. The highest BCUT2D eigenvalue weighted by atomic mass is 16.8. The van der Waals surface area contributed by atoms with Crippen LogP contribution in [0, 0.1) is 0 Å². The topological polar surface area (TPSA) is 119 Å². The third-order valence-electron chi connectivity index (χ3n) is 2.56. The van der Waals surface area contributed by atoms with E-state index in [1.807, 2.05) is 11.5 Å². The summed E-state index contributed by atoms with van der Waals surface area (Å²) in [6.07, 6.45) is -1.02. The smallest absolute Gasteiger partial charge is 0.492 e. The first kappa shape index (κ1) is 16.2. The van der Waals surface area contributed by atoms with E-state index in [4.69, 9.17) is 4.74 Å². The van der Waals surface area contributed by atoms with Crippen molar-refractivity contribution in [3.63, 3.8) is 0 Å². The van der Waals surface area contributed by atoms with Crippen LogP contribution in [0.4, 0.5) is 4.79 Å². The zero-order chi connectivity index (χ0) is 16.7. The van der Waals surface area contributed by atoms with Crippen molar-refractivity contribution in [2.24, 2.45) is 0 Å². The lowest BCUT2D eigenvalue weighted by Gasteiger charge is -2.08. The van der Waals surface area contributed by atoms with Gasteiger partial charge >= 0.3 is 12.1 Å². The van der Waals surface area contributed by atoms with Crippen molar-refractivity contribution in [3.05, 3.63) is 48.0 Å². The quantitative estimate of drug-likeness (QED) is 0.525. The fourth-order valence-electron chi connectivity index (χ4n) is 1.53. The molecule has 0 fully saturated rings. The van der Waals surface area contributed by atoms with Crippen LogP contribution in [0.5, 0.6) is 11.8 Å². The molecule has 9 heteroatoms. The van der Waals surface area contributed by atoms with E-state index in [0.29, 0.717) is 4.73 Å². The molecule has 122 valence electrons. The van der Waals surface area contributed by atoms with Gasteiger partial charge in [-0.25, -0.2) is 9.59 Å². The van der Waals surface area contributed by atoms with Crippen molar-refractivity contribution < 1.29 is 34.2 Å². The second-order valence-corrected chi connectivity index (χ2v) is 4.25. The second-order valence-electron chi connectivity index (χ2n) is 4.25. The fourth-order valence-corrected chi connectivity index (χ4v) is 1.53. The maximum absolute atomic E-state index is 11.4. The molecule has 1 heterocycles. The van der Waals surface area contributed by atoms with Crippen molar-refractivity contribution in [2.45, 2.75) is 6.61 Å². The summed E-state index contributed by atoms with van der Waals surface area (Å²) in [5, 5.41) is 18.5. The Bertz CT molecular complexity index is 650. The molecule has 0 radical (unpaired) electrons. The van der Waals surface area contributed by atoms with Gasteiger partial charge in [0.2, 0.25) is 11.8 Å². The molecular weight excluding hydrogens is 308 g/mol. The molecule has 0 atom stereocenters. The van der Waals surface area contributed by atoms with E-state index in [0.717, 1.165) is 17.7 Å². The predicted molar refractivity (Wildman–Crippen MR) is 75.1 cm³/mol. The monoisotopic (exact) mass is 322 g/mol. The van der Waals surface area contributed by atoms with Gasteiger partial charge in [-0.05, 0) is 5.56 Å². The second kappa shape index (κ2) is 7.71. The number of ether oxygens (including phenoxy) is 1. The lowest BCUT2D eigenvalue weighted by molar-refractivity contribution is -0.146. The van der Waals surface area contributed by atoms with Gasteiger partial charge in [0.1, 0.15) is 13.2 Å². The molecule has 1 aromatic heterocycles. The number of hydrogen-bond acceptors (Lipinski definition) is 8. The molecule has 2 aromatic rings. The van der Waals surface area contributed by atoms with E-state index >= 15 is 0 Å². The summed E-state index contributed by atoms with van der Waals surface area (Å²) >= 11 is 0. The lowest BCUT2D eigenvalue weighted by Crippen LogP contribution is -2.32. The number of aromatic nitrogens is 1. The first-order valence-corrected chi connectivity index (χ1v) is 6.47. The Morgan fingerprint density at radius 2 is 1.70 bits per heavy atom. The van der Waals surface area contributed by atoms with Crippen molar-refractivity contribution >= 4 is 12.1 Å². The fraction of sp³-hybridized carbons (Fsp3) is 0.143. The zero-order valence-corrected chi connectivity index (χ0v) is 11.8.